The van der Waals surface area contributed by atoms with Crippen LogP contribution in [0.2, 0.25) is 0 Å². The second-order valence-electron chi connectivity index (χ2n) is 19.6. The minimum absolute atomic E-state index is 0.0806. The van der Waals surface area contributed by atoms with E-state index in [0.717, 1.165) is 70.6 Å². The second kappa shape index (κ2) is 55.2. The van der Waals surface area contributed by atoms with Gasteiger partial charge in [0.05, 0.1) is 0 Å². The van der Waals surface area contributed by atoms with E-state index in [9.17, 15) is 14.4 Å². The molecule has 0 spiro atoms. The SMILES string of the molecule is CCCCCCCC/C=C\CCCCCCCCCC(=O)OCC(COC(=O)CCCCCCCCCCCCCCCCC)OC(=O)CCCCC/C=C\C=C/CCCCCCCCC. The smallest absolute Gasteiger partial charge is 0.306 e. The van der Waals surface area contributed by atoms with Gasteiger partial charge in [0.15, 0.2) is 6.10 Å². The van der Waals surface area contributed by atoms with E-state index in [1.807, 2.05) is 0 Å². The van der Waals surface area contributed by atoms with Gasteiger partial charge in [-0.25, -0.2) is 0 Å². The van der Waals surface area contributed by atoms with Gasteiger partial charge in [0.2, 0.25) is 0 Å². The first-order valence-electron chi connectivity index (χ1n) is 29.0. The number of unbranched alkanes of at least 4 members (excludes halogenated alkanes) is 37. The number of hydrogen-bond acceptors (Lipinski definition) is 6. The van der Waals surface area contributed by atoms with Crippen molar-refractivity contribution in [3.63, 3.8) is 0 Å². The Labute approximate surface area is 410 Å². The average molecular weight is 928 g/mol. The van der Waals surface area contributed by atoms with Crippen LogP contribution < -0.4 is 0 Å². The lowest BCUT2D eigenvalue weighted by atomic mass is 10.0. The summed E-state index contributed by atoms with van der Waals surface area (Å²) in [6.45, 7) is 6.64. The number of carbonyl (C=O) groups excluding carboxylic acids is 3. The summed E-state index contributed by atoms with van der Waals surface area (Å²) in [5, 5.41) is 0. The zero-order chi connectivity index (χ0) is 47.9. The Morgan fingerprint density at radius 2 is 0.545 bits per heavy atom. The van der Waals surface area contributed by atoms with Crippen molar-refractivity contribution in [2.24, 2.45) is 0 Å². The highest BCUT2D eigenvalue weighted by Gasteiger charge is 2.19. The summed E-state index contributed by atoms with van der Waals surface area (Å²) in [5.74, 6) is -0.895. The van der Waals surface area contributed by atoms with Crippen LogP contribution in [0.25, 0.3) is 0 Å². The summed E-state index contributed by atoms with van der Waals surface area (Å²) < 4.78 is 16.9. The lowest BCUT2D eigenvalue weighted by Gasteiger charge is -2.18. The lowest BCUT2D eigenvalue weighted by molar-refractivity contribution is -0.167. The summed E-state index contributed by atoms with van der Waals surface area (Å²) in [4.78, 5) is 38.1. The maximum Gasteiger partial charge on any atom is 0.306 e. The Hall–Kier alpha value is -2.37. The molecule has 0 bridgehead atoms. The van der Waals surface area contributed by atoms with Gasteiger partial charge in [0, 0.05) is 19.3 Å². The molecule has 0 aromatic heterocycles. The molecule has 0 aliphatic carbocycles. The number of ether oxygens (including phenoxy) is 3. The van der Waals surface area contributed by atoms with Gasteiger partial charge in [-0.3, -0.25) is 14.4 Å². The number of rotatable bonds is 53. The first kappa shape index (κ1) is 63.6. The largest absolute Gasteiger partial charge is 0.462 e. The van der Waals surface area contributed by atoms with Crippen molar-refractivity contribution in [3.8, 4) is 0 Å². The molecule has 0 saturated heterocycles. The number of allylic oxidation sites excluding steroid dienone is 6. The molecule has 6 heteroatoms. The minimum atomic E-state index is -0.785. The molecule has 0 N–H and O–H groups in total. The first-order valence-corrected chi connectivity index (χ1v) is 29.0. The standard InChI is InChI=1S/C60H110O6/c1-4-7-10-13-16-19-22-25-28-30-33-35-38-41-44-47-50-53-59(62)65-56-57(55-64-58(61)52-49-46-43-40-37-34-31-27-24-21-18-15-12-9-6-3)66-60(63)54-51-48-45-42-39-36-32-29-26-23-20-17-14-11-8-5-2/h25,28-29,32,36,39,57H,4-24,26-27,30-31,33-35,37-38,40-56H2,1-3H3/b28-25-,32-29-,39-36-. The highest BCUT2D eigenvalue weighted by Crippen LogP contribution is 2.16. The predicted octanol–water partition coefficient (Wildman–Crippen LogP) is 19.3. The first-order chi connectivity index (χ1) is 32.5. The molecule has 0 aromatic rings. The molecule has 0 heterocycles. The zero-order valence-corrected chi connectivity index (χ0v) is 44.2. The molecule has 0 aliphatic heterocycles. The van der Waals surface area contributed by atoms with Crippen molar-refractivity contribution in [1.82, 2.24) is 0 Å². The number of hydrogen-bond donors (Lipinski definition) is 0. The van der Waals surface area contributed by atoms with E-state index in [2.05, 4.69) is 57.2 Å². The van der Waals surface area contributed by atoms with Crippen molar-refractivity contribution >= 4 is 17.9 Å². The summed E-state index contributed by atoms with van der Waals surface area (Å²) in [6.07, 6.45) is 65.6. The van der Waals surface area contributed by atoms with Crippen LogP contribution >= 0.6 is 0 Å². The van der Waals surface area contributed by atoms with Gasteiger partial charge in [-0.2, -0.15) is 0 Å². The summed E-state index contributed by atoms with van der Waals surface area (Å²) in [7, 11) is 0. The Bertz CT molecular complexity index is 1110. The van der Waals surface area contributed by atoms with Crippen molar-refractivity contribution in [2.45, 2.75) is 316 Å². The molecule has 0 rings (SSSR count). The van der Waals surface area contributed by atoms with Crippen molar-refractivity contribution in [2.75, 3.05) is 13.2 Å². The third-order valence-corrected chi connectivity index (χ3v) is 12.9. The van der Waals surface area contributed by atoms with E-state index < -0.39 is 6.10 Å². The molecule has 66 heavy (non-hydrogen) atoms. The van der Waals surface area contributed by atoms with Gasteiger partial charge < -0.3 is 14.2 Å². The van der Waals surface area contributed by atoms with E-state index >= 15 is 0 Å². The Morgan fingerprint density at radius 1 is 0.303 bits per heavy atom. The quantitative estimate of drug-likeness (QED) is 0.0199. The molecule has 1 unspecified atom stereocenters. The van der Waals surface area contributed by atoms with Crippen LogP contribution in [-0.2, 0) is 28.6 Å². The Balaban J connectivity index is 4.39. The van der Waals surface area contributed by atoms with Crippen LogP contribution in [0.4, 0.5) is 0 Å². The average Bonchev–Trinajstić information content (AvgIpc) is 3.31. The van der Waals surface area contributed by atoms with Crippen LogP contribution in [-0.4, -0.2) is 37.2 Å². The van der Waals surface area contributed by atoms with Gasteiger partial charge in [-0.15, -0.1) is 0 Å². The maximum absolute atomic E-state index is 12.8. The minimum Gasteiger partial charge on any atom is -0.462 e. The summed E-state index contributed by atoms with van der Waals surface area (Å²) >= 11 is 0. The van der Waals surface area contributed by atoms with Crippen molar-refractivity contribution < 1.29 is 28.6 Å². The van der Waals surface area contributed by atoms with E-state index in [4.69, 9.17) is 14.2 Å². The Kier molecular flexibility index (Phi) is 53.2. The molecule has 386 valence electrons. The fourth-order valence-electron chi connectivity index (χ4n) is 8.49. The maximum atomic E-state index is 12.8. The van der Waals surface area contributed by atoms with Gasteiger partial charge in [0.25, 0.3) is 0 Å². The third kappa shape index (κ3) is 52.6. The molecular weight excluding hydrogens is 817 g/mol. The Morgan fingerprint density at radius 3 is 0.864 bits per heavy atom. The molecule has 0 aromatic carbocycles. The highest BCUT2D eigenvalue weighted by atomic mass is 16.6. The summed E-state index contributed by atoms with van der Waals surface area (Å²) in [5.41, 5.74) is 0. The van der Waals surface area contributed by atoms with E-state index in [1.165, 1.54) is 199 Å². The second-order valence-corrected chi connectivity index (χ2v) is 19.6. The molecule has 6 nitrogen and oxygen atoms in total. The fraction of sp³-hybridized carbons (Fsp3) is 0.850. The normalized spacial score (nSPS) is 12.2. The number of esters is 3. The molecule has 0 saturated carbocycles. The molecule has 0 amide bonds. The van der Waals surface area contributed by atoms with Gasteiger partial charge in [-0.1, -0.05) is 256 Å². The molecular formula is C60H110O6. The molecule has 1 atom stereocenters. The van der Waals surface area contributed by atoms with Crippen LogP contribution in [0, 0.1) is 0 Å². The van der Waals surface area contributed by atoms with Crippen LogP contribution in [0.3, 0.4) is 0 Å². The van der Waals surface area contributed by atoms with E-state index in [-0.39, 0.29) is 31.1 Å². The fourth-order valence-corrected chi connectivity index (χ4v) is 8.49. The molecule has 0 aliphatic rings. The monoisotopic (exact) mass is 927 g/mol. The van der Waals surface area contributed by atoms with Crippen molar-refractivity contribution in [1.29, 1.82) is 0 Å². The predicted molar refractivity (Wildman–Crippen MR) is 284 cm³/mol. The molecule has 0 radical (unpaired) electrons. The van der Waals surface area contributed by atoms with E-state index in [0.29, 0.717) is 19.3 Å². The van der Waals surface area contributed by atoms with Crippen molar-refractivity contribution in [3.05, 3.63) is 36.5 Å². The van der Waals surface area contributed by atoms with Crippen LogP contribution in [0.1, 0.15) is 310 Å². The van der Waals surface area contributed by atoms with Crippen LogP contribution in [0.5, 0.6) is 0 Å². The third-order valence-electron chi connectivity index (χ3n) is 12.9. The summed E-state index contributed by atoms with van der Waals surface area (Å²) in [6, 6.07) is 0. The number of carbonyl (C=O) groups is 3. The van der Waals surface area contributed by atoms with Gasteiger partial charge >= 0.3 is 17.9 Å². The zero-order valence-electron chi connectivity index (χ0n) is 44.2. The topological polar surface area (TPSA) is 78.9 Å². The molecule has 0 fully saturated rings. The van der Waals surface area contributed by atoms with Gasteiger partial charge in [-0.05, 0) is 70.6 Å². The van der Waals surface area contributed by atoms with E-state index in [1.54, 1.807) is 0 Å². The van der Waals surface area contributed by atoms with Gasteiger partial charge in [0.1, 0.15) is 13.2 Å². The lowest BCUT2D eigenvalue weighted by Crippen LogP contribution is -2.30. The van der Waals surface area contributed by atoms with Crippen LogP contribution in [0.15, 0.2) is 36.5 Å². The highest BCUT2D eigenvalue weighted by molar-refractivity contribution is 5.71.